The molecule has 144 valence electrons. The first-order chi connectivity index (χ1) is 12.7. The Kier molecular flexibility index (Phi) is 6.40. The number of rotatable bonds is 7. The molecule has 0 aliphatic carbocycles. The highest BCUT2D eigenvalue weighted by Crippen LogP contribution is 2.21. The highest BCUT2D eigenvalue weighted by molar-refractivity contribution is 7.92. The van der Waals surface area contributed by atoms with Crippen molar-refractivity contribution in [1.29, 1.82) is 0 Å². The van der Waals surface area contributed by atoms with Gasteiger partial charge in [0.05, 0.1) is 10.6 Å². The third-order valence-electron chi connectivity index (χ3n) is 3.43. The van der Waals surface area contributed by atoms with Gasteiger partial charge in [-0.3, -0.25) is 14.3 Å². The minimum Gasteiger partial charge on any atom is -0.484 e. The summed E-state index contributed by atoms with van der Waals surface area (Å²) in [5.74, 6) is -0.0671. The molecular weight excluding hydrogens is 370 g/mol. The van der Waals surface area contributed by atoms with Crippen LogP contribution in [-0.4, -0.2) is 45.8 Å². The molecule has 0 aromatic heterocycles. The predicted molar refractivity (Wildman–Crippen MR) is 102 cm³/mol. The molecule has 2 rings (SSSR count). The highest BCUT2D eigenvalue weighted by Gasteiger charge is 2.15. The topological polar surface area (TPSA) is 105 Å². The van der Waals surface area contributed by atoms with Crippen LogP contribution in [0.1, 0.15) is 6.92 Å². The van der Waals surface area contributed by atoms with E-state index in [0.29, 0.717) is 17.1 Å². The van der Waals surface area contributed by atoms with Crippen LogP contribution in [-0.2, 0) is 19.6 Å². The molecule has 2 N–H and O–H groups in total. The lowest BCUT2D eigenvalue weighted by Gasteiger charge is -2.12. The zero-order valence-corrected chi connectivity index (χ0v) is 16.0. The fraction of sp³-hybridized carbons (Fsp3) is 0.222. The first kappa shape index (κ1) is 20.2. The largest absolute Gasteiger partial charge is 0.484 e. The van der Waals surface area contributed by atoms with Gasteiger partial charge in [-0.05, 0) is 42.5 Å². The lowest BCUT2D eigenvalue weighted by molar-refractivity contribution is -0.130. The van der Waals surface area contributed by atoms with Gasteiger partial charge in [-0.25, -0.2) is 8.42 Å². The van der Waals surface area contributed by atoms with Gasteiger partial charge in [-0.2, -0.15) is 0 Å². The summed E-state index contributed by atoms with van der Waals surface area (Å²) in [4.78, 5) is 24.1. The molecule has 9 heteroatoms. The van der Waals surface area contributed by atoms with Crippen LogP contribution in [0.5, 0.6) is 5.75 Å². The van der Waals surface area contributed by atoms with Crippen LogP contribution in [0.15, 0.2) is 53.4 Å². The number of nitrogens with one attached hydrogen (secondary N) is 2. The van der Waals surface area contributed by atoms with Crippen molar-refractivity contribution in [3.8, 4) is 5.75 Å². The van der Waals surface area contributed by atoms with Gasteiger partial charge in [-0.15, -0.1) is 0 Å². The summed E-state index contributed by atoms with van der Waals surface area (Å²) in [5, 5.41) is 2.59. The summed E-state index contributed by atoms with van der Waals surface area (Å²) >= 11 is 0. The van der Waals surface area contributed by atoms with Crippen LogP contribution in [0.25, 0.3) is 0 Å². The van der Waals surface area contributed by atoms with Gasteiger partial charge in [0, 0.05) is 26.7 Å². The summed E-state index contributed by atoms with van der Waals surface area (Å²) in [6.07, 6.45) is 0. The molecule has 0 aliphatic heterocycles. The Labute approximate surface area is 158 Å². The first-order valence-electron chi connectivity index (χ1n) is 8.01. The van der Waals surface area contributed by atoms with Crippen molar-refractivity contribution in [2.75, 3.05) is 30.7 Å². The quantitative estimate of drug-likeness (QED) is 0.750. The summed E-state index contributed by atoms with van der Waals surface area (Å²) in [5.41, 5.74) is 0.801. The van der Waals surface area contributed by atoms with Crippen molar-refractivity contribution in [2.24, 2.45) is 0 Å². The Morgan fingerprint density at radius 2 is 1.67 bits per heavy atom. The Morgan fingerprint density at radius 3 is 2.26 bits per heavy atom. The monoisotopic (exact) mass is 391 g/mol. The number of hydrogen-bond donors (Lipinski definition) is 2. The maximum atomic E-state index is 12.5. The fourth-order valence-corrected chi connectivity index (χ4v) is 3.12. The lowest BCUT2D eigenvalue weighted by atomic mass is 10.3. The van der Waals surface area contributed by atoms with Gasteiger partial charge in [0.2, 0.25) is 5.91 Å². The van der Waals surface area contributed by atoms with E-state index in [1.165, 1.54) is 42.2 Å². The molecule has 0 radical (unpaired) electrons. The minimum absolute atomic E-state index is 0.0405. The van der Waals surface area contributed by atoms with Gasteiger partial charge in [0.1, 0.15) is 5.75 Å². The molecule has 8 nitrogen and oxygen atoms in total. The molecule has 0 spiro atoms. The van der Waals surface area contributed by atoms with Crippen LogP contribution < -0.4 is 14.8 Å². The molecule has 0 aliphatic rings. The number of likely N-dealkylation sites (N-methyl/N-ethyl adjacent to an activating group) is 1. The highest BCUT2D eigenvalue weighted by atomic mass is 32.2. The van der Waals surface area contributed by atoms with E-state index in [9.17, 15) is 18.0 Å². The smallest absolute Gasteiger partial charge is 0.261 e. The van der Waals surface area contributed by atoms with Crippen LogP contribution in [0, 0.1) is 0 Å². The van der Waals surface area contributed by atoms with Gasteiger partial charge < -0.3 is 15.0 Å². The van der Waals surface area contributed by atoms with Crippen LogP contribution in [0.2, 0.25) is 0 Å². The first-order valence-corrected chi connectivity index (χ1v) is 9.49. The second-order valence-electron chi connectivity index (χ2n) is 5.92. The van der Waals surface area contributed by atoms with Crippen LogP contribution in [0.3, 0.4) is 0 Å². The number of carbonyl (C=O) groups excluding carboxylic acids is 2. The molecule has 0 unspecified atom stereocenters. The fourth-order valence-electron chi connectivity index (χ4n) is 2.07. The van der Waals surface area contributed by atoms with Crippen molar-refractivity contribution in [3.05, 3.63) is 48.5 Å². The third-order valence-corrected chi connectivity index (χ3v) is 4.83. The molecule has 0 bridgehead atoms. The number of amides is 2. The molecule has 27 heavy (non-hydrogen) atoms. The van der Waals surface area contributed by atoms with E-state index >= 15 is 0 Å². The Bertz CT molecular complexity index is 924. The van der Waals surface area contributed by atoms with Gasteiger partial charge in [0.15, 0.2) is 6.61 Å². The number of nitrogens with zero attached hydrogens (tertiary/aromatic N) is 1. The number of benzene rings is 2. The Balaban J connectivity index is 2.08. The number of anilines is 2. The SMILES string of the molecule is CC(=O)Nc1cccc(NS(=O)(=O)c2ccc(OCC(=O)N(C)C)cc2)c1. The standard InChI is InChI=1S/C18H21N3O5S/c1-13(22)19-14-5-4-6-15(11-14)20-27(24,25)17-9-7-16(8-10-17)26-12-18(23)21(2)3/h4-11,20H,12H2,1-3H3,(H,19,22). The van der Waals surface area contributed by atoms with E-state index < -0.39 is 10.0 Å². The zero-order valence-electron chi connectivity index (χ0n) is 15.2. The number of hydrogen-bond acceptors (Lipinski definition) is 5. The summed E-state index contributed by atoms with van der Waals surface area (Å²) in [7, 11) is -0.575. The number of ether oxygens (including phenoxy) is 1. The number of carbonyl (C=O) groups is 2. The van der Waals surface area contributed by atoms with E-state index in [4.69, 9.17) is 4.74 Å². The van der Waals surface area contributed by atoms with E-state index in [1.807, 2.05) is 0 Å². The Hall–Kier alpha value is -3.07. The van der Waals surface area contributed by atoms with E-state index in [-0.39, 0.29) is 23.3 Å². The van der Waals surface area contributed by atoms with Crippen molar-refractivity contribution in [2.45, 2.75) is 11.8 Å². The van der Waals surface area contributed by atoms with E-state index in [2.05, 4.69) is 10.0 Å². The molecule has 0 heterocycles. The lowest BCUT2D eigenvalue weighted by Crippen LogP contribution is -2.27. The second kappa shape index (κ2) is 8.54. The van der Waals surface area contributed by atoms with Crippen LogP contribution >= 0.6 is 0 Å². The maximum Gasteiger partial charge on any atom is 0.261 e. The molecule has 2 aromatic rings. The maximum absolute atomic E-state index is 12.5. The molecule has 0 fully saturated rings. The molecule has 0 saturated heterocycles. The molecule has 2 aromatic carbocycles. The minimum atomic E-state index is -3.81. The second-order valence-corrected chi connectivity index (χ2v) is 7.60. The molecule has 0 atom stereocenters. The predicted octanol–water partition coefficient (Wildman–Crippen LogP) is 1.91. The third kappa shape index (κ3) is 6.00. The summed E-state index contributed by atoms with van der Waals surface area (Å²) < 4.78 is 32.8. The Morgan fingerprint density at radius 1 is 1.04 bits per heavy atom. The van der Waals surface area contributed by atoms with Crippen molar-refractivity contribution in [3.63, 3.8) is 0 Å². The van der Waals surface area contributed by atoms with Crippen molar-refractivity contribution < 1.29 is 22.7 Å². The summed E-state index contributed by atoms with van der Waals surface area (Å²) in [6.45, 7) is 1.24. The van der Waals surface area contributed by atoms with Crippen molar-refractivity contribution in [1.82, 2.24) is 4.90 Å². The zero-order chi connectivity index (χ0) is 20.0. The average Bonchev–Trinajstić information content (AvgIpc) is 2.59. The molecule has 2 amide bonds. The van der Waals surface area contributed by atoms with Crippen molar-refractivity contribution >= 4 is 33.2 Å². The van der Waals surface area contributed by atoms with Crippen LogP contribution in [0.4, 0.5) is 11.4 Å². The number of sulfonamides is 1. The van der Waals surface area contributed by atoms with Gasteiger partial charge in [0.25, 0.3) is 15.9 Å². The molecule has 0 saturated carbocycles. The normalized spacial score (nSPS) is 10.8. The van der Waals surface area contributed by atoms with E-state index in [0.717, 1.165) is 0 Å². The average molecular weight is 391 g/mol. The molecular formula is C18H21N3O5S. The summed E-state index contributed by atoms with van der Waals surface area (Å²) in [6, 6.07) is 12.1. The van der Waals surface area contributed by atoms with E-state index in [1.54, 1.807) is 32.3 Å². The van der Waals surface area contributed by atoms with Gasteiger partial charge in [-0.1, -0.05) is 6.07 Å². The van der Waals surface area contributed by atoms with Gasteiger partial charge >= 0.3 is 0 Å².